The van der Waals surface area contributed by atoms with Crippen LogP contribution in [-0.2, 0) is 0 Å². The Morgan fingerprint density at radius 2 is 2.25 bits per heavy atom. The van der Waals surface area contributed by atoms with Crippen LogP contribution in [0.4, 0.5) is 0 Å². The summed E-state index contributed by atoms with van der Waals surface area (Å²) in [5.74, 6) is 1.07. The first-order chi connectivity index (χ1) is 9.15. The minimum absolute atomic E-state index is 0. The van der Waals surface area contributed by atoms with Gasteiger partial charge in [0.25, 0.3) is 5.91 Å². The van der Waals surface area contributed by atoms with E-state index in [0.29, 0.717) is 17.5 Å². The largest absolute Gasteiger partial charge is 0.337 e. The van der Waals surface area contributed by atoms with Gasteiger partial charge in [0.15, 0.2) is 0 Å². The molecule has 0 radical (unpaired) electrons. The highest BCUT2D eigenvalue weighted by atomic mass is 35.5. The molecule has 1 aliphatic carbocycles. The van der Waals surface area contributed by atoms with E-state index in [4.69, 9.17) is 5.73 Å². The highest BCUT2D eigenvalue weighted by Gasteiger charge is 2.30. The van der Waals surface area contributed by atoms with Crippen molar-refractivity contribution in [1.82, 2.24) is 15.1 Å². The fourth-order valence-electron chi connectivity index (χ4n) is 2.84. The maximum Gasteiger partial charge on any atom is 0.274 e. The summed E-state index contributed by atoms with van der Waals surface area (Å²) in [5, 5.41) is 7.17. The number of nitrogens with two attached hydrogens (primary N) is 1. The van der Waals surface area contributed by atoms with Gasteiger partial charge in [-0.05, 0) is 44.6 Å². The zero-order valence-electron chi connectivity index (χ0n) is 11.8. The first-order valence-corrected chi connectivity index (χ1v) is 7.25. The third kappa shape index (κ3) is 3.15. The second kappa shape index (κ2) is 6.14. The van der Waals surface area contributed by atoms with Gasteiger partial charge in [-0.15, -0.1) is 12.4 Å². The van der Waals surface area contributed by atoms with Crippen LogP contribution in [-0.4, -0.2) is 40.1 Å². The Morgan fingerprint density at radius 3 is 2.90 bits per heavy atom. The molecule has 2 fully saturated rings. The third-order valence-corrected chi connectivity index (χ3v) is 4.32. The van der Waals surface area contributed by atoms with Crippen LogP contribution in [0.5, 0.6) is 0 Å². The predicted molar refractivity (Wildman–Crippen MR) is 80.1 cm³/mol. The van der Waals surface area contributed by atoms with Crippen LogP contribution in [0.25, 0.3) is 0 Å². The van der Waals surface area contributed by atoms with Crippen molar-refractivity contribution < 1.29 is 4.79 Å². The molecule has 6 heteroatoms. The van der Waals surface area contributed by atoms with Gasteiger partial charge in [-0.25, -0.2) is 0 Å². The highest BCUT2D eigenvalue weighted by molar-refractivity contribution is 5.92. The number of rotatable bonds is 3. The summed E-state index contributed by atoms with van der Waals surface area (Å²) in [5.41, 5.74) is 7.64. The Balaban J connectivity index is 0.00000147. The SMILES string of the molecule is CC(N)C1CCCN(C(=O)c2cc(C3CC3)[nH]n2)C1.Cl. The first kappa shape index (κ1) is 15.3. The van der Waals surface area contributed by atoms with Gasteiger partial charge in [-0.2, -0.15) is 5.10 Å². The van der Waals surface area contributed by atoms with Crippen LogP contribution < -0.4 is 5.73 Å². The summed E-state index contributed by atoms with van der Waals surface area (Å²) in [6.45, 7) is 3.62. The minimum atomic E-state index is 0. The second-order valence-electron chi connectivity index (χ2n) is 6.00. The van der Waals surface area contributed by atoms with Crippen molar-refractivity contribution in [2.75, 3.05) is 13.1 Å². The standard InChI is InChI=1S/C14H22N4O.ClH/c1-9(15)11-3-2-6-18(8-11)14(19)13-7-12(16-17-13)10-4-5-10;/h7,9-11H,2-6,8,15H2,1H3,(H,16,17);1H. The summed E-state index contributed by atoms with van der Waals surface area (Å²) < 4.78 is 0. The zero-order valence-corrected chi connectivity index (χ0v) is 12.7. The van der Waals surface area contributed by atoms with E-state index in [1.54, 1.807) is 0 Å². The molecular formula is C14H23ClN4O. The number of likely N-dealkylation sites (tertiary alicyclic amines) is 1. The van der Waals surface area contributed by atoms with Crippen LogP contribution in [0.2, 0.25) is 0 Å². The molecule has 0 aromatic carbocycles. The van der Waals surface area contributed by atoms with E-state index in [2.05, 4.69) is 10.2 Å². The summed E-state index contributed by atoms with van der Waals surface area (Å²) in [4.78, 5) is 14.3. The molecule has 0 spiro atoms. The Hall–Kier alpha value is -1.07. The number of carbonyl (C=O) groups is 1. The van der Waals surface area contributed by atoms with Gasteiger partial charge < -0.3 is 10.6 Å². The average molecular weight is 299 g/mol. The number of amides is 1. The Morgan fingerprint density at radius 1 is 1.50 bits per heavy atom. The fraction of sp³-hybridized carbons (Fsp3) is 0.714. The van der Waals surface area contributed by atoms with E-state index in [1.807, 2.05) is 17.9 Å². The maximum atomic E-state index is 12.4. The van der Waals surface area contributed by atoms with Gasteiger partial charge >= 0.3 is 0 Å². The highest BCUT2D eigenvalue weighted by Crippen LogP contribution is 2.39. The summed E-state index contributed by atoms with van der Waals surface area (Å²) in [7, 11) is 0. The van der Waals surface area contributed by atoms with Gasteiger partial charge in [0.1, 0.15) is 5.69 Å². The van der Waals surface area contributed by atoms with Gasteiger partial charge in [-0.1, -0.05) is 0 Å². The Bertz CT molecular complexity index is 469. The molecule has 1 aliphatic heterocycles. The van der Waals surface area contributed by atoms with E-state index in [9.17, 15) is 4.79 Å². The van der Waals surface area contributed by atoms with E-state index in [0.717, 1.165) is 31.6 Å². The molecule has 0 bridgehead atoms. The lowest BCUT2D eigenvalue weighted by Gasteiger charge is -2.34. The summed E-state index contributed by atoms with van der Waals surface area (Å²) >= 11 is 0. The van der Waals surface area contributed by atoms with Crippen LogP contribution in [0.15, 0.2) is 6.07 Å². The Labute approximate surface area is 125 Å². The smallest absolute Gasteiger partial charge is 0.274 e. The molecule has 2 unspecified atom stereocenters. The number of piperidine rings is 1. The number of aromatic amines is 1. The molecular weight excluding hydrogens is 276 g/mol. The van der Waals surface area contributed by atoms with Gasteiger partial charge in [0.05, 0.1) is 0 Å². The molecule has 1 aromatic heterocycles. The van der Waals surface area contributed by atoms with Crippen molar-refractivity contribution in [3.05, 3.63) is 17.5 Å². The summed E-state index contributed by atoms with van der Waals surface area (Å²) in [6, 6.07) is 2.08. The predicted octanol–water partition coefficient (Wildman–Crippen LogP) is 1.91. The molecule has 1 saturated carbocycles. The Kier molecular flexibility index (Phi) is 4.70. The average Bonchev–Trinajstić information content (AvgIpc) is 3.16. The fourth-order valence-corrected chi connectivity index (χ4v) is 2.84. The van der Waals surface area contributed by atoms with Crippen molar-refractivity contribution in [2.45, 2.75) is 44.6 Å². The van der Waals surface area contributed by atoms with Crippen LogP contribution in [0.3, 0.4) is 0 Å². The minimum Gasteiger partial charge on any atom is -0.337 e. The van der Waals surface area contributed by atoms with Crippen molar-refractivity contribution in [1.29, 1.82) is 0 Å². The molecule has 5 nitrogen and oxygen atoms in total. The van der Waals surface area contributed by atoms with E-state index < -0.39 is 0 Å². The van der Waals surface area contributed by atoms with Crippen LogP contribution in [0, 0.1) is 5.92 Å². The molecule has 3 rings (SSSR count). The number of hydrogen-bond donors (Lipinski definition) is 2. The molecule has 2 atom stereocenters. The third-order valence-electron chi connectivity index (χ3n) is 4.32. The normalized spacial score (nSPS) is 24.1. The van der Waals surface area contributed by atoms with Gasteiger partial charge in [-0.3, -0.25) is 9.89 Å². The topological polar surface area (TPSA) is 75.0 Å². The molecule has 20 heavy (non-hydrogen) atoms. The number of H-pyrrole nitrogens is 1. The lowest BCUT2D eigenvalue weighted by molar-refractivity contribution is 0.0655. The molecule has 1 amide bonds. The van der Waals surface area contributed by atoms with E-state index in [1.165, 1.54) is 12.8 Å². The number of nitrogens with zero attached hydrogens (tertiary/aromatic N) is 2. The maximum absolute atomic E-state index is 12.4. The zero-order chi connectivity index (χ0) is 13.4. The van der Waals surface area contributed by atoms with E-state index >= 15 is 0 Å². The molecule has 3 N–H and O–H groups in total. The molecule has 2 aliphatic rings. The number of carbonyl (C=O) groups excluding carboxylic acids is 1. The van der Waals surface area contributed by atoms with Crippen molar-refractivity contribution in [2.24, 2.45) is 11.7 Å². The van der Waals surface area contributed by atoms with Gasteiger partial charge in [0, 0.05) is 30.7 Å². The quantitative estimate of drug-likeness (QED) is 0.895. The van der Waals surface area contributed by atoms with Crippen molar-refractivity contribution in [3.8, 4) is 0 Å². The summed E-state index contributed by atoms with van der Waals surface area (Å²) in [6.07, 6.45) is 4.59. The lowest BCUT2D eigenvalue weighted by atomic mass is 9.92. The molecule has 1 saturated heterocycles. The monoisotopic (exact) mass is 298 g/mol. The van der Waals surface area contributed by atoms with E-state index in [-0.39, 0.29) is 24.4 Å². The number of halogens is 1. The van der Waals surface area contributed by atoms with Gasteiger partial charge in [0.2, 0.25) is 0 Å². The van der Waals surface area contributed by atoms with Crippen molar-refractivity contribution >= 4 is 18.3 Å². The van der Waals surface area contributed by atoms with Crippen LogP contribution >= 0.6 is 12.4 Å². The number of nitrogens with one attached hydrogen (secondary N) is 1. The number of hydrogen-bond acceptors (Lipinski definition) is 3. The number of aromatic nitrogens is 2. The lowest BCUT2D eigenvalue weighted by Crippen LogP contribution is -2.45. The molecule has 112 valence electrons. The van der Waals surface area contributed by atoms with Crippen LogP contribution in [0.1, 0.15) is 54.7 Å². The second-order valence-corrected chi connectivity index (χ2v) is 6.00. The van der Waals surface area contributed by atoms with Crippen molar-refractivity contribution in [3.63, 3.8) is 0 Å². The first-order valence-electron chi connectivity index (χ1n) is 7.25. The molecule has 2 heterocycles. The molecule has 1 aromatic rings.